The highest BCUT2D eigenvalue weighted by Gasteiger charge is 2.51. The summed E-state index contributed by atoms with van der Waals surface area (Å²) in [6.07, 6.45) is 3.16. The Morgan fingerprint density at radius 2 is 1.79 bits per heavy atom. The van der Waals surface area contributed by atoms with Crippen LogP contribution < -0.4 is 5.32 Å². The molecule has 33 heavy (non-hydrogen) atoms. The van der Waals surface area contributed by atoms with Gasteiger partial charge in [-0.3, -0.25) is 4.79 Å². The zero-order valence-electron chi connectivity index (χ0n) is 18.3. The van der Waals surface area contributed by atoms with Crippen molar-refractivity contribution in [3.8, 4) is 11.1 Å². The molecule has 0 bridgehead atoms. The highest BCUT2D eigenvalue weighted by atomic mass is 16.6. The SMILES string of the molecule is C[N+]1(CC(=O)Nc2ccncn2)CCC(OC(=O)C2(O)c3ccccc3-c3ccccc32)C1. The Bertz CT molecular complexity index is 1170. The number of hydrogen-bond donors (Lipinski definition) is 2. The first-order valence-electron chi connectivity index (χ1n) is 10.9. The number of carbonyl (C=O) groups excluding carboxylic acids is 2. The number of aromatic nitrogens is 2. The molecule has 2 aromatic carbocycles. The van der Waals surface area contributed by atoms with Crippen LogP contribution in [0.1, 0.15) is 17.5 Å². The van der Waals surface area contributed by atoms with Crippen LogP contribution in [0.5, 0.6) is 0 Å². The number of hydrogen-bond acceptors (Lipinski definition) is 6. The van der Waals surface area contributed by atoms with Crippen LogP contribution in [0.25, 0.3) is 11.1 Å². The van der Waals surface area contributed by atoms with E-state index in [0.717, 1.165) is 11.1 Å². The molecule has 0 radical (unpaired) electrons. The van der Waals surface area contributed by atoms with E-state index in [4.69, 9.17) is 4.74 Å². The molecule has 8 nitrogen and oxygen atoms in total. The number of likely N-dealkylation sites (N-methyl/N-ethyl adjacent to an activating group) is 1. The third-order valence-electron chi connectivity index (χ3n) is 6.50. The number of quaternary nitrogens is 1. The van der Waals surface area contributed by atoms with E-state index in [1.54, 1.807) is 24.4 Å². The van der Waals surface area contributed by atoms with Crippen molar-refractivity contribution >= 4 is 17.7 Å². The van der Waals surface area contributed by atoms with Gasteiger partial charge in [-0.2, -0.15) is 0 Å². The van der Waals surface area contributed by atoms with Crippen LogP contribution in [0.3, 0.4) is 0 Å². The first-order chi connectivity index (χ1) is 15.9. The Balaban J connectivity index is 1.29. The summed E-state index contributed by atoms with van der Waals surface area (Å²) < 4.78 is 6.28. The number of fused-ring (bicyclic) bond motifs is 3. The van der Waals surface area contributed by atoms with Gasteiger partial charge < -0.3 is 19.6 Å². The van der Waals surface area contributed by atoms with Gasteiger partial charge in [-0.1, -0.05) is 48.5 Å². The summed E-state index contributed by atoms with van der Waals surface area (Å²) in [7, 11) is 1.96. The summed E-state index contributed by atoms with van der Waals surface area (Å²) in [4.78, 5) is 33.7. The maximum atomic E-state index is 13.4. The third-order valence-corrected chi connectivity index (χ3v) is 6.50. The molecular weight excluding hydrogens is 420 g/mol. The number of aliphatic hydroxyl groups is 1. The summed E-state index contributed by atoms with van der Waals surface area (Å²) in [5, 5.41) is 14.4. The number of benzene rings is 2. The fraction of sp³-hybridized carbons (Fsp3) is 0.280. The molecule has 2 atom stereocenters. The first-order valence-corrected chi connectivity index (χ1v) is 10.9. The second-order valence-corrected chi connectivity index (χ2v) is 8.94. The van der Waals surface area contributed by atoms with Crippen LogP contribution >= 0.6 is 0 Å². The van der Waals surface area contributed by atoms with Crippen LogP contribution in [-0.4, -0.2) is 64.2 Å². The predicted molar refractivity (Wildman–Crippen MR) is 121 cm³/mol. The van der Waals surface area contributed by atoms with E-state index in [9.17, 15) is 14.7 Å². The van der Waals surface area contributed by atoms with E-state index in [1.807, 2.05) is 43.4 Å². The van der Waals surface area contributed by atoms with Gasteiger partial charge >= 0.3 is 5.97 Å². The fourth-order valence-electron chi connectivity index (χ4n) is 4.93. The van der Waals surface area contributed by atoms with Crippen LogP contribution in [0.4, 0.5) is 5.82 Å². The minimum Gasteiger partial charge on any atom is -0.453 e. The van der Waals surface area contributed by atoms with Crippen LogP contribution in [-0.2, 0) is 19.9 Å². The molecule has 2 N–H and O–H groups in total. The lowest BCUT2D eigenvalue weighted by Gasteiger charge is -2.29. The number of likely N-dealkylation sites (tertiary alicyclic amines) is 1. The van der Waals surface area contributed by atoms with Crippen molar-refractivity contribution in [1.82, 2.24) is 9.97 Å². The van der Waals surface area contributed by atoms with Gasteiger partial charge in [0.1, 0.15) is 18.7 Å². The largest absolute Gasteiger partial charge is 0.453 e. The number of amides is 1. The van der Waals surface area contributed by atoms with E-state index in [-0.39, 0.29) is 12.5 Å². The molecule has 1 aliphatic heterocycles. The number of ether oxygens (including phenoxy) is 1. The van der Waals surface area contributed by atoms with Crippen molar-refractivity contribution in [2.24, 2.45) is 0 Å². The molecular formula is C25H25N4O4+. The Morgan fingerprint density at radius 3 is 2.42 bits per heavy atom. The molecule has 1 aromatic heterocycles. The summed E-state index contributed by atoms with van der Waals surface area (Å²) >= 11 is 0. The average molecular weight is 445 g/mol. The molecule has 3 aromatic rings. The molecule has 2 heterocycles. The second kappa shape index (κ2) is 8.06. The zero-order valence-corrected chi connectivity index (χ0v) is 18.3. The van der Waals surface area contributed by atoms with Gasteiger partial charge in [-0.15, -0.1) is 0 Å². The van der Waals surface area contributed by atoms with E-state index < -0.39 is 17.7 Å². The van der Waals surface area contributed by atoms with Crippen molar-refractivity contribution < 1.29 is 23.9 Å². The number of carbonyl (C=O) groups is 2. The zero-order chi connectivity index (χ0) is 23.1. The first kappa shape index (κ1) is 21.2. The van der Waals surface area contributed by atoms with Crippen molar-refractivity contribution in [2.75, 3.05) is 32.0 Å². The lowest BCUT2D eigenvalue weighted by molar-refractivity contribution is -0.890. The minimum atomic E-state index is -1.84. The topological polar surface area (TPSA) is 101 Å². The predicted octanol–water partition coefficient (Wildman–Crippen LogP) is 2.09. The molecule has 8 heteroatoms. The van der Waals surface area contributed by atoms with E-state index in [0.29, 0.717) is 40.9 Å². The Hall–Kier alpha value is -3.62. The molecule has 2 aliphatic rings. The molecule has 0 saturated carbocycles. The van der Waals surface area contributed by atoms with Crippen molar-refractivity contribution in [2.45, 2.75) is 18.1 Å². The smallest absolute Gasteiger partial charge is 0.348 e. The van der Waals surface area contributed by atoms with Crippen molar-refractivity contribution in [3.63, 3.8) is 0 Å². The summed E-state index contributed by atoms with van der Waals surface area (Å²) in [5.41, 5.74) is 0.900. The summed E-state index contributed by atoms with van der Waals surface area (Å²) in [5.74, 6) is -0.395. The molecule has 2 unspecified atom stereocenters. The number of anilines is 1. The molecule has 5 rings (SSSR count). The van der Waals surface area contributed by atoms with Gasteiger partial charge in [-0.05, 0) is 17.2 Å². The number of nitrogens with zero attached hydrogens (tertiary/aromatic N) is 3. The van der Waals surface area contributed by atoms with Crippen molar-refractivity contribution in [1.29, 1.82) is 0 Å². The number of nitrogens with one attached hydrogen (secondary N) is 1. The number of esters is 1. The van der Waals surface area contributed by atoms with Gasteiger partial charge in [0.05, 0.1) is 13.6 Å². The second-order valence-electron chi connectivity index (χ2n) is 8.94. The quantitative estimate of drug-likeness (QED) is 0.461. The molecule has 168 valence electrons. The fourth-order valence-corrected chi connectivity index (χ4v) is 4.93. The number of rotatable bonds is 5. The Kier molecular flexibility index (Phi) is 5.19. The highest BCUT2D eigenvalue weighted by molar-refractivity contribution is 5.96. The lowest BCUT2D eigenvalue weighted by Crippen LogP contribution is -2.48. The molecule has 1 aliphatic carbocycles. The normalized spacial score (nSPS) is 22.3. The van der Waals surface area contributed by atoms with Gasteiger partial charge in [-0.25, -0.2) is 14.8 Å². The monoisotopic (exact) mass is 445 g/mol. The van der Waals surface area contributed by atoms with E-state index >= 15 is 0 Å². The maximum absolute atomic E-state index is 13.4. The molecule has 1 saturated heterocycles. The minimum absolute atomic E-state index is 0.166. The van der Waals surface area contributed by atoms with E-state index in [1.165, 1.54) is 6.33 Å². The van der Waals surface area contributed by atoms with Gasteiger partial charge in [0.15, 0.2) is 12.6 Å². The van der Waals surface area contributed by atoms with Gasteiger partial charge in [0, 0.05) is 23.7 Å². The van der Waals surface area contributed by atoms with Crippen molar-refractivity contribution in [3.05, 3.63) is 78.2 Å². The summed E-state index contributed by atoms with van der Waals surface area (Å²) in [6.45, 7) is 1.40. The van der Waals surface area contributed by atoms with Crippen LogP contribution in [0, 0.1) is 0 Å². The van der Waals surface area contributed by atoms with Crippen LogP contribution in [0.15, 0.2) is 67.1 Å². The average Bonchev–Trinajstić information content (AvgIpc) is 3.30. The third kappa shape index (κ3) is 3.77. The Labute approximate surface area is 191 Å². The van der Waals surface area contributed by atoms with Gasteiger partial charge in [0.25, 0.3) is 5.91 Å². The highest BCUT2D eigenvalue weighted by Crippen LogP contribution is 2.48. The summed E-state index contributed by atoms with van der Waals surface area (Å²) in [6, 6.07) is 16.4. The lowest BCUT2D eigenvalue weighted by atomic mass is 9.91. The standard InChI is InChI=1S/C25H24N4O4/c1-29(15-23(30)28-22-10-12-26-16-27-22)13-11-17(14-29)33-24(31)25(32)20-8-4-2-6-18(20)19-7-3-5-9-21(19)25/h2-10,12,16-17,32H,11,13-15H2,1H3/p+1. The molecule has 1 amide bonds. The van der Waals surface area contributed by atoms with E-state index in [2.05, 4.69) is 15.3 Å². The Morgan fingerprint density at radius 1 is 1.12 bits per heavy atom. The van der Waals surface area contributed by atoms with Crippen LogP contribution in [0.2, 0.25) is 0 Å². The maximum Gasteiger partial charge on any atom is 0.348 e. The molecule has 0 spiro atoms. The molecule has 1 fully saturated rings. The van der Waals surface area contributed by atoms with Gasteiger partial charge in [0.2, 0.25) is 5.60 Å².